The van der Waals surface area contributed by atoms with Gasteiger partial charge >= 0.3 is 0 Å². The number of hydrogen-bond donors (Lipinski definition) is 2. The highest BCUT2D eigenvalue weighted by atomic mass is 32.2. The number of aromatic nitrogens is 5. The second-order valence-corrected chi connectivity index (χ2v) is 10.1. The molecule has 0 radical (unpaired) electrons. The number of pyridine rings is 3. The van der Waals surface area contributed by atoms with Crippen molar-refractivity contribution in [1.82, 2.24) is 29.5 Å². The van der Waals surface area contributed by atoms with E-state index in [4.69, 9.17) is 4.74 Å². The predicted molar refractivity (Wildman–Crippen MR) is 133 cm³/mol. The van der Waals surface area contributed by atoms with Crippen LogP contribution >= 0.6 is 0 Å². The number of ether oxygens (including phenoxy) is 1. The number of nitrogens with one attached hydrogen (secondary N) is 2. The monoisotopic (exact) mass is 519 g/mol. The summed E-state index contributed by atoms with van der Waals surface area (Å²) < 4.78 is 31.7. The fraction of sp³-hybridized carbons (Fsp3) is 0.167. The van der Waals surface area contributed by atoms with Gasteiger partial charge in [-0.2, -0.15) is 5.10 Å². The Morgan fingerprint density at radius 1 is 1.05 bits per heavy atom. The lowest BCUT2D eigenvalue weighted by Crippen LogP contribution is -2.30. The van der Waals surface area contributed by atoms with Crippen LogP contribution in [0.5, 0.6) is 0 Å². The van der Waals surface area contributed by atoms with Gasteiger partial charge in [0.25, 0.3) is 11.8 Å². The highest BCUT2D eigenvalue weighted by molar-refractivity contribution is 7.89. The maximum Gasteiger partial charge on any atom is 0.274 e. The molecular weight excluding hydrogens is 498 g/mol. The zero-order chi connectivity index (χ0) is 26.0. The summed E-state index contributed by atoms with van der Waals surface area (Å²) >= 11 is 0. The third-order valence-electron chi connectivity index (χ3n) is 5.44. The molecule has 0 aliphatic carbocycles. The molecule has 5 rings (SSSR count). The number of hydrogen-bond acceptors (Lipinski definition) is 9. The molecule has 37 heavy (non-hydrogen) atoms. The maximum atomic E-state index is 13.2. The van der Waals surface area contributed by atoms with Crippen molar-refractivity contribution in [1.29, 1.82) is 0 Å². The summed E-state index contributed by atoms with van der Waals surface area (Å²) in [4.78, 5) is 38.2. The lowest BCUT2D eigenvalue weighted by molar-refractivity contribution is -0.0285. The molecule has 4 aromatic heterocycles. The highest BCUT2D eigenvalue weighted by Crippen LogP contribution is 2.29. The van der Waals surface area contributed by atoms with Crippen LogP contribution in [0, 0.1) is 0 Å². The molecule has 2 N–H and O–H groups in total. The molecule has 13 heteroatoms. The second-order valence-electron chi connectivity index (χ2n) is 8.31. The predicted octanol–water partition coefficient (Wildman–Crippen LogP) is 1.92. The van der Waals surface area contributed by atoms with E-state index in [1.807, 2.05) is 10.8 Å². The van der Waals surface area contributed by atoms with Crippen molar-refractivity contribution in [2.24, 2.45) is 0 Å². The van der Waals surface area contributed by atoms with Gasteiger partial charge < -0.3 is 10.1 Å². The van der Waals surface area contributed by atoms with Crippen LogP contribution in [-0.2, 0) is 14.8 Å². The van der Waals surface area contributed by atoms with Crippen LogP contribution in [0.1, 0.15) is 26.9 Å². The zero-order valence-electron chi connectivity index (χ0n) is 19.5. The Balaban J connectivity index is 1.41. The summed E-state index contributed by atoms with van der Waals surface area (Å²) in [5.41, 5.74) is 2.56. The lowest BCUT2D eigenvalue weighted by atomic mass is 10.1. The van der Waals surface area contributed by atoms with Crippen molar-refractivity contribution >= 4 is 27.5 Å². The quantitative estimate of drug-likeness (QED) is 0.372. The van der Waals surface area contributed by atoms with E-state index < -0.39 is 21.8 Å². The highest BCUT2D eigenvalue weighted by Gasteiger charge is 2.25. The molecule has 1 aliphatic rings. The van der Waals surface area contributed by atoms with Gasteiger partial charge in [0, 0.05) is 30.4 Å². The van der Waals surface area contributed by atoms with E-state index in [1.54, 1.807) is 47.4 Å². The number of nitrogens with zero attached hydrogens (tertiary/aromatic N) is 5. The van der Waals surface area contributed by atoms with E-state index in [1.165, 1.54) is 18.5 Å². The molecule has 0 spiro atoms. The van der Waals surface area contributed by atoms with E-state index in [-0.39, 0.29) is 17.3 Å². The molecule has 5 heterocycles. The second kappa shape index (κ2) is 9.87. The largest absolute Gasteiger partial charge is 0.377 e. The molecule has 0 atom stereocenters. The van der Waals surface area contributed by atoms with Crippen LogP contribution < -0.4 is 10.0 Å². The summed E-state index contributed by atoms with van der Waals surface area (Å²) in [6.07, 6.45) is 6.98. The van der Waals surface area contributed by atoms with Gasteiger partial charge in [-0.05, 0) is 30.3 Å². The Bertz CT molecular complexity index is 1580. The molecule has 188 valence electrons. The maximum absolute atomic E-state index is 13.2. The summed E-state index contributed by atoms with van der Waals surface area (Å²) in [7, 11) is -3.74. The Labute approximate surface area is 211 Å². The molecule has 1 saturated heterocycles. The van der Waals surface area contributed by atoms with Gasteiger partial charge in [0.05, 0.1) is 48.2 Å². The first-order valence-corrected chi connectivity index (χ1v) is 13.0. The van der Waals surface area contributed by atoms with Crippen molar-refractivity contribution < 1.29 is 22.7 Å². The first-order chi connectivity index (χ1) is 17.8. The van der Waals surface area contributed by atoms with Crippen LogP contribution in [0.2, 0.25) is 0 Å². The van der Waals surface area contributed by atoms with E-state index in [0.29, 0.717) is 41.5 Å². The summed E-state index contributed by atoms with van der Waals surface area (Å²) in [6, 6.07) is 11.8. The molecular formula is C24H21N7O5S. The van der Waals surface area contributed by atoms with Crippen molar-refractivity contribution in [2.45, 2.75) is 6.04 Å². The van der Waals surface area contributed by atoms with E-state index >= 15 is 0 Å². The van der Waals surface area contributed by atoms with Gasteiger partial charge in [0.2, 0.25) is 10.0 Å². The Hall–Kier alpha value is -4.49. The molecule has 0 saturated carbocycles. The molecule has 1 aliphatic heterocycles. The van der Waals surface area contributed by atoms with Crippen LogP contribution in [0.25, 0.3) is 22.6 Å². The van der Waals surface area contributed by atoms with Crippen LogP contribution in [0.3, 0.4) is 0 Å². The number of anilines is 1. The van der Waals surface area contributed by atoms with Gasteiger partial charge in [-0.3, -0.25) is 24.2 Å². The number of amides is 2. The first-order valence-electron chi connectivity index (χ1n) is 11.1. The number of carbonyl (C=O) groups excluding carboxylic acids is 2. The van der Waals surface area contributed by atoms with Crippen LogP contribution in [0.4, 0.5) is 5.69 Å². The van der Waals surface area contributed by atoms with E-state index in [9.17, 15) is 18.0 Å². The van der Waals surface area contributed by atoms with Gasteiger partial charge in [-0.15, -0.1) is 0 Å². The molecule has 12 nitrogen and oxygen atoms in total. The van der Waals surface area contributed by atoms with Gasteiger partial charge in [0.1, 0.15) is 11.4 Å². The topological polar surface area (TPSA) is 158 Å². The van der Waals surface area contributed by atoms with Gasteiger partial charge in [0.15, 0.2) is 0 Å². The normalized spacial score (nSPS) is 13.5. The molecule has 2 amide bonds. The third-order valence-corrected chi connectivity index (χ3v) is 5.99. The third kappa shape index (κ3) is 5.52. The van der Waals surface area contributed by atoms with Crippen molar-refractivity contribution in [3.63, 3.8) is 0 Å². The Morgan fingerprint density at radius 3 is 2.57 bits per heavy atom. The number of carbonyl (C=O) groups is 2. The van der Waals surface area contributed by atoms with Crippen LogP contribution in [0.15, 0.2) is 67.3 Å². The van der Waals surface area contributed by atoms with Gasteiger partial charge in [-0.1, -0.05) is 12.1 Å². The number of sulfonamides is 1. The Kier molecular flexibility index (Phi) is 6.46. The molecule has 0 unspecified atom stereocenters. The fourth-order valence-corrected chi connectivity index (χ4v) is 4.03. The number of rotatable bonds is 7. The van der Waals surface area contributed by atoms with Gasteiger partial charge in [-0.25, -0.2) is 18.1 Å². The van der Waals surface area contributed by atoms with E-state index in [0.717, 1.165) is 6.26 Å². The van der Waals surface area contributed by atoms with Crippen LogP contribution in [-0.4, -0.2) is 64.4 Å². The lowest BCUT2D eigenvalue weighted by Gasteiger charge is -2.25. The average Bonchev–Trinajstić information content (AvgIpc) is 3.25. The minimum absolute atomic E-state index is 0.0342. The minimum Gasteiger partial charge on any atom is -0.377 e. The minimum atomic E-state index is -3.74. The first kappa shape index (κ1) is 24.2. The van der Waals surface area contributed by atoms with E-state index in [2.05, 4.69) is 25.4 Å². The average molecular weight is 520 g/mol. The molecule has 4 aromatic rings. The molecule has 0 aromatic carbocycles. The zero-order valence-corrected chi connectivity index (χ0v) is 20.3. The molecule has 1 fully saturated rings. The van der Waals surface area contributed by atoms with Crippen molar-refractivity contribution in [3.05, 3.63) is 78.5 Å². The van der Waals surface area contributed by atoms with Crippen molar-refractivity contribution in [2.75, 3.05) is 24.8 Å². The SMILES string of the molecule is CS(=O)(=O)NC(=O)c1cncc(-c2cccc(C(=O)Nc3cn(C4COC4)nc3-c3ccccn3)n2)c1. The standard InChI is InChI=1S/C24H21N7O5S/c1-37(34,35)30-23(32)16-9-15(10-25-11-16)18-6-4-7-20(27-18)24(33)28-21-12-31(17-13-36-14-17)29-22(21)19-5-2-3-8-26-19/h2-12,17H,13-14H2,1H3,(H,28,33)(H,30,32). The molecule has 0 bridgehead atoms. The smallest absolute Gasteiger partial charge is 0.274 e. The summed E-state index contributed by atoms with van der Waals surface area (Å²) in [5.74, 6) is -1.29. The fourth-order valence-electron chi connectivity index (χ4n) is 3.58. The Morgan fingerprint density at radius 2 is 1.86 bits per heavy atom. The van der Waals surface area contributed by atoms with Crippen molar-refractivity contribution in [3.8, 4) is 22.6 Å². The summed E-state index contributed by atoms with van der Waals surface area (Å²) in [6.45, 7) is 1.07. The summed E-state index contributed by atoms with van der Waals surface area (Å²) in [5, 5.41) is 7.49.